The second-order valence-corrected chi connectivity index (χ2v) is 10.9. The number of rotatable bonds is 0. The van der Waals surface area contributed by atoms with Crippen LogP contribution in [0.25, 0.3) is 64.6 Å². The number of hydrogen-bond acceptors (Lipinski definition) is 0. The molecule has 0 N–H and O–H groups in total. The first kappa shape index (κ1) is 30.8. The molecule has 0 saturated carbocycles. The number of hydrogen-bond donors (Lipinski definition) is 0. The Balaban J connectivity index is 0.000000155. The van der Waals surface area contributed by atoms with Gasteiger partial charge in [-0.05, 0) is 89.6 Å². The molecule has 42 heavy (non-hydrogen) atoms. The maximum absolute atomic E-state index is 2.25. The highest BCUT2D eigenvalue weighted by atomic mass is 14.1. The van der Waals surface area contributed by atoms with Crippen LogP contribution in [0.3, 0.4) is 0 Å². The van der Waals surface area contributed by atoms with E-state index in [4.69, 9.17) is 0 Å². The van der Waals surface area contributed by atoms with Crippen LogP contribution in [0.4, 0.5) is 0 Å². The van der Waals surface area contributed by atoms with Crippen LogP contribution in [0.5, 0.6) is 0 Å². The van der Waals surface area contributed by atoms with Crippen LogP contribution < -0.4 is 0 Å². The van der Waals surface area contributed by atoms with E-state index < -0.39 is 0 Å². The largest absolute Gasteiger partial charge is 0.0683 e. The van der Waals surface area contributed by atoms with Crippen molar-refractivity contribution in [3.8, 4) is 0 Å². The quantitative estimate of drug-likeness (QED) is 0.165. The summed E-state index contributed by atoms with van der Waals surface area (Å²) in [7, 11) is 0. The first-order valence-corrected chi connectivity index (χ1v) is 15.8. The molecule has 0 aliphatic rings. The Hall–Kier alpha value is -4.16. The van der Waals surface area contributed by atoms with Crippen LogP contribution in [0.1, 0.15) is 65.5 Å². The Morgan fingerprint density at radius 3 is 0.881 bits per heavy atom. The van der Waals surface area contributed by atoms with Crippen molar-refractivity contribution in [1.29, 1.82) is 0 Å². The van der Waals surface area contributed by atoms with Gasteiger partial charge in [0, 0.05) is 0 Å². The summed E-state index contributed by atoms with van der Waals surface area (Å²) in [6.45, 7) is 16.9. The van der Waals surface area contributed by atoms with Crippen molar-refractivity contribution in [2.75, 3.05) is 0 Å². The molecule has 8 aromatic carbocycles. The van der Waals surface area contributed by atoms with Gasteiger partial charge >= 0.3 is 0 Å². The first-order chi connectivity index (χ1) is 20.5. The van der Waals surface area contributed by atoms with E-state index in [0.717, 1.165) is 0 Å². The highest BCUT2D eigenvalue weighted by Crippen LogP contribution is 2.36. The minimum atomic E-state index is 1.25. The fourth-order valence-electron chi connectivity index (χ4n) is 5.76. The van der Waals surface area contributed by atoms with E-state index in [0.29, 0.717) is 0 Å². The van der Waals surface area contributed by atoms with Gasteiger partial charge < -0.3 is 0 Å². The minimum Gasteiger partial charge on any atom is -0.0683 e. The molecular formula is C42H46. The van der Waals surface area contributed by atoms with Gasteiger partial charge in [-0.25, -0.2) is 0 Å². The predicted molar refractivity (Wildman–Crippen MR) is 193 cm³/mol. The van der Waals surface area contributed by atoms with Gasteiger partial charge in [-0.2, -0.15) is 0 Å². The highest BCUT2D eigenvalue weighted by molar-refractivity contribution is 6.24. The normalized spacial score (nSPS) is 10.6. The lowest BCUT2D eigenvalue weighted by atomic mass is 9.92. The average Bonchev–Trinajstić information content (AvgIpc) is 3.03. The lowest BCUT2D eigenvalue weighted by molar-refractivity contribution is 1.09. The molecule has 0 aliphatic carbocycles. The lowest BCUT2D eigenvalue weighted by Crippen LogP contribution is -1.85. The van der Waals surface area contributed by atoms with Crippen LogP contribution >= 0.6 is 0 Å². The van der Waals surface area contributed by atoms with E-state index in [1.807, 2.05) is 13.8 Å². The standard InChI is InChI=1S/2C17H12.2C3H8.C2H6/c2*1-11-5-6-14-8-7-12-3-2-4-13-9-10-15(11)17(14)16(12)13;2*1-3-2;1-2/h2*2-10H,1H3;2*3H2,1-2H3;1-2H3. The summed E-state index contributed by atoms with van der Waals surface area (Å²) in [5, 5.41) is 16.5. The van der Waals surface area contributed by atoms with E-state index in [1.165, 1.54) is 88.6 Å². The van der Waals surface area contributed by atoms with Crippen LogP contribution in [-0.2, 0) is 0 Å². The molecule has 0 amide bonds. The second-order valence-electron chi connectivity index (χ2n) is 10.9. The van der Waals surface area contributed by atoms with Gasteiger partial charge in [-0.1, -0.05) is 164 Å². The lowest BCUT2D eigenvalue weighted by Gasteiger charge is -2.11. The molecule has 0 spiro atoms. The summed E-state index contributed by atoms with van der Waals surface area (Å²) >= 11 is 0. The number of aryl methyl sites for hydroxylation is 2. The molecule has 0 aromatic heterocycles. The fraction of sp³-hybridized carbons (Fsp3) is 0.238. The minimum absolute atomic E-state index is 1.25. The molecule has 0 atom stereocenters. The molecule has 0 heterocycles. The zero-order valence-corrected chi connectivity index (χ0v) is 26.8. The van der Waals surface area contributed by atoms with Crippen molar-refractivity contribution < 1.29 is 0 Å². The van der Waals surface area contributed by atoms with Crippen molar-refractivity contribution in [2.45, 2.75) is 68.2 Å². The topological polar surface area (TPSA) is 0 Å². The Labute approximate surface area is 252 Å². The Bertz CT molecular complexity index is 1830. The summed E-state index contributed by atoms with van der Waals surface area (Å²) in [5.41, 5.74) is 2.71. The molecule has 0 aliphatic heterocycles. The maximum atomic E-state index is 2.25. The third kappa shape index (κ3) is 5.90. The Morgan fingerprint density at radius 1 is 0.333 bits per heavy atom. The van der Waals surface area contributed by atoms with E-state index in [2.05, 4.69) is 151 Å². The molecule has 0 fully saturated rings. The summed E-state index contributed by atoms with van der Waals surface area (Å²) in [5.74, 6) is 0. The molecule has 0 unspecified atom stereocenters. The molecule has 0 radical (unpaired) electrons. The third-order valence-electron chi connectivity index (χ3n) is 7.49. The summed E-state index contributed by atoms with van der Waals surface area (Å²) < 4.78 is 0. The zero-order chi connectivity index (χ0) is 30.2. The Morgan fingerprint density at radius 2 is 0.571 bits per heavy atom. The molecule has 0 saturated heterocycles. The summed E-state index contributed by atoms with van der Waals surface area (Å²) in [4.78, 5) is 0. The van der Waals surface area contributed by atoms with E-state index in [9.17, 15) is 0 Å². The molecule has 8 rings (SSSR count). The number of benzene rings is 8. The van der Waals surface area contributed by atoms with E-state index >= 15 is 0 Å². The van der Waals surface area contributed by atoms with Gasteiger partial charge in [0.15, 0.2) is 0 Å². The van der Waals surface area contributed by atoms with Crippen LogP contribution in [0, 0.1) is 13.8 Å². The van der Waals surface area contributed by atoms with E-state index in [1.54, 1.807) is 0 Å². The van der Waals surface area contributed by atoms with Gasteiger partial charge in [-0.3, -0.25) is 0 Å². The smallest absolute Gasteiger partial charge is 0.00241 e. The van der Waals surface area contributed by atoms with Gasteiger partial charge in [0.1, 0.15) is 0 Å². The fourth-order valence-corrected chi connectivity index (χ4v) is 5.76. The molecule has 0 bridgehead atoms. The van der Waals surface area contributed by atoms with Gasteiger partial charge in [0.2, 0.25) is 0 Å². The third-order valence-corrected chi connectivity index (χ3v) is 7.49. The van der Waals surface area contributed by atoms with E-state index in [-0.39, 0.29) is 0 Å². The zero-order valence-electron chi connectivity index (χ0n) is 26.8. The maximum Gasteiger partial charge on any atom is -0.00241 e. The molecule has 214 valence electrons. The van der Waals surface area contributed by atoms with Gasteiger partial charge in [0.05, 0.1) is 0 Å². The van der Waals surface area contributed by atoms with Crippen molar-refractivity contribution in [3.63, 3.8) is 0 Å². The van der Waals surface area contributed by atoms with Crippen molar-refractivity contribution in [3.05, 3.63) is 120 Å². The molecular weight excluding hydrogens is 504 g/mol. The Kier molecular flexibility index (Phi) is 10.4. The SMILES string of the molecule is CC.CCC.CCC.Cc1ccc2ccc3cccc4ccc1c2c34.Cc1ccc2ccc3cccc4ccc1c2c34. The van der Waals surface area contributed by atoms with Crippen LogP contribution in [0.2, 0.25) is 0 Å². The monoisotopic (exact) mass is 550 g/mol. The molecule has 0 nitrogen and oxygen atoms in total. The van der Waals surface area contributed by atoms with Crippen LogP contribution in [-0.4, -0.2) is 0 Å². The van der Waals surface area contributed by atoms with Crippen molar-refractivity contribution in [2.24, 2.45) is 0 Å². The molecule has 0 heteroatoms. The van der Waals surface area contributed by atoms with Crippen LogP contribution in [0.15, 0.2) is 109 Å². The van der Waals surface area contributed by atoms with Gasteiger partial charge in [0.25, 0.3) is 0 Å². The second kappa shape index (κ2) is 14.1. The summed E-state index contributed by atoms with van der Waals surface area (Å²) in [6.07, 6.45) is 2.50. The highest BCUT2D eigenvalue weighted by Gasteiger charge is 2.09. The first-order valence-electron chi connectivity index (χ1n) is 15.8. The van der Waals surface area contributed by atoms with Gasteiger partial charge in [-0.15, -0.1) is 0 Å². The van der Waals surface area contributed by atoms with Crippen molar-refractivity contribution in [1.82, 2.24) is 0 Å². The summed E-state index contributed by atoms with van der Waals surface area (Å²) in [6, 6.07) is 39.8. The average molecular weight is 551 g/mol. The van der Waals surface area contributed by atoms with Crippen molar-refractivity contribution >= 4 is 64.6 Å². The molecule has 8 aromatic rings. The predicted octanol–water partition coefficient (Wildman–Crippen LogP) is 13.6.